The van der Waals surface area contributed by atoms with Gasteiger partial charge in [0.25, 0.3) is 11.8 Å². The van der Waals surface area contributed by atoms with Crippen LogP contribution in [0.25, 0.3) is 22.2 Å². The number of carbonyl (C=O) groups is 3. The number of H-pyrrole nitrogens is 1. The predicted octanol–water partition coefficient (Wildman–Crippen LogP) is 6.44. The maximum absolute atomic E-state index is 13.5. The molecule has 0 atom stereocenters. The molecule has 0 unspecified atom stereocenters. The average molecular weight is 536 g/mol. The van der Waals surface area contributed by atoms with Gasteiger partial charge in [-0.2, -0.15) is 0 Å². The Morgan fingerprint density at radius 2 is 1.48 bits per heavy atom. The molecule has 1 aliphatic rings. The van der Waals surface area contributed by atoms with Crippen LogP contribution >= 0.6 is 0 Å². The van der Waals surface area contributed by atoms with Gasteiger partial charge < -0.3 is 9.88 Å². The number of hydrogen-bond donors (Lipinski definition) is 1. The second kappa shape index (κ2) is 10.4. The number of benzene rings is 3. The molecule has 3 amide bonds. The van der Waals surface area contributed by atoms with E-state index < -0.39 is 5.41 Å². The van der Waals surface area contributed by atoms with Gasteiger partial charge in [-0.15, -0.1) is 0 Å². The van der Waals surface area contributed by atoms with Crippen molar-refractivity contribution < 1.29 is 14.4 Å². The predicted molar refractivity (Wildman–Crippen MR) is 160 cm³/mol. The van der Waals surface area contributed by atoms with Gasteiger partial charge in [-0.25, -0.2) is 0 Å². The smallest absolute Gasteiger partial charge is 0.261 e. The number of aromatic nitrogens is 1. The highest BCUT2D eigenvalue weighted by Crippen LogP contribution is 2.36. The van der Waals surface area contributed by atoms with Crippen molar-refractivity contribution >= 4 is 28.6 Å². The molecule has 0 fully saturated rings. The monoisotopic (exact) mass is 535 g/mol. The third-order valence-electron chi connectivity index (χ3n) is 8.19. The highest BCUT2D eigenvalue weighted by molar-refractivity contribution is 6.21. The number of nitrogens with zero attached hydrogens (tertiary/aromatic N) is 2. The molecule has 0 saturated carbocycles. The molecule has 0 aliphatic carbocycles. The number of nitrogens with one attached hydrogen (secondary N) is 1. The molecular formula is C34H37N3O3. The van der Waals surface area contributed by atoms with E-state index in [1.807, 2.05) is 44.7 Å². The quantitative estimate of drug-likeness (QED) is 0.264. The molecule has 0 saturated heterocycles. The van der Waals surface area contributed by atoms with Gasteiger partial charge in [0.2, 0.25) is 5.91 Å². The Morgan fingerprint density at radius 1 is 0.875 bits per heavy atom. The summed E-state index contributed by atoms with van der Waals surface area (Å²) in [6.07, 6.45) is 0.488. The van der Waals surface area contributed by atoms with E-state index in [1.54, 1.807) is 24.3 Å². The summed E-state index contributed by atoms with van der Waals surface area (Å²) >= 11 is 0. The van der Waals surface area contributed by atoms with Crippen LogP contribution in [0.1, 0.15) is 70.7 Å². The Bertz CT molecular complexity index is 1590. The number of hydrogen-bond acceptors (Lipinski definition) is 3. The molecule has 6 heteroatoms. The van der Waals surface area contributed by atoms with E-state index in [2.05, 4.69) is 43.1 Å². The summed E-state index contributed by atoms with van der Waals surface area (Å²) in [6.45, 7) is 13.7. The Labute approximate surface area is 236 Å². The number of aryl methyl sites for hydroxylation is 2. The normalized spacial score (nSPS) is 13.3. The van der Waals surface area contributed by atoms with Crippen LogP contribution in [0.3, 0.4) is 0 Å². The van der Waals surface area contributed by atoms with Crippen LogP contribution in [0.2, 0.25) is 0 Å². The standard InChI is InChI=1S/C34H37N3O3/c1-7-36(8-2)33(40)34(5,6)24-13-14-29-28(20-24)25(30(35-29)23-18-21(3)17-22(4)19-23)15-16-37-31(38)26-11-9-10-12-27(26)32(37)39/h9-14,17-20,35H,7-8,15-16H2,1-6H3. The zero-order valence-corrected chi connectivity index (χ0v) is 24.2. The molecule has 206 valence electrons. The fraction of sp³-hybridized carbons (Fsp3) is 0.324. The molecular weight excluding hydrogens is 498 g/mol. The number of carbonyl (C=O) groups excluding carboxylic acids is 3. The first kappa shape index (κ1) is 27.4. The number of fused-ring (bicyclic) bond motifs is 2. The number of rotatable bonds is 8. The van der Waals surface area contributed by atoms with Gasteiger partial charge >= 0.3 is 0 Å². The van der Waals surface area contributed by atoms with Crippen molar-refractivity contribution in [2.75, 3.05) is 19.6 Å². The first-order valence-electron chi connectivity index (χ1n) is 14.0. The van der Waals surface area contributed by atoms with E-state index in [4.69, 9.17) is 0 Å². The summed E-state index contributed by atoms with van der Waals surface area (Å²) in [5.41, 5.74) is 7.49. The number of aromatic amines is 1. The maximum Gasteiger partial charge on any atom is 0.261 e. The molecule has 0 spiro atoms. The third-order valence-corrected chi connectivity index (χ3v) is 8.19. The van der Waals surface area contributed by atoms with E-state index >= 15 is 0 Å². The zero-order valence-electron chi connectivity index (χ0n) is 24.2. The molecule has 3 aromatic carbocycles. The molecule has 1 aliphatic heterocycles. The van der Waals surface area contributed by atoms with E-state index in [0.717, 1.165) is 44.4 Å². The first-order valence-corrected chi connectivity index (χ1v) is 14.0. The molecule has 40 heavy (non-hydrogen) atoms. The summed E-state index contributed by atoms with van der Waals surface area (Å²) in [4.78, 5) is 46.5. The van der Waals surface area contributed by atoms with Crippen molar-refractivity contribution in [1.82, 2.24) is 14.8 Å². The van der Waals surface area contributed by atoms with Crippen molar-refractivity contribution in [3.63, 3.8) is 0 Å². The van der Waals surface area contributed by atoms with Crippen LogP contribution in [0.5, 0.6) is 0 Å². The van der Waals surface area contributed by atoms with Crippen LogP contribution in [-0.4, -0.2) is 52.1 Å². The van der Waals surface area contributed by atoms with Crippen LogP contribution < -0.4 is 0 Å². The van der Waals surface area contributed by atoms with Crippen LogP contribution in [-0.2, 0) is 16.6 Å². The Balaban J connectivity index is 1.59. The second-order valence-electron chi connectivity index (χ2n) is 11.3. The van der Waals surface area contributed by atoms with Crippen molar-refractivity contribution in [2.45, 2.75) is 53.4 Å². The van der Waals surface area contributed by atoms with Crippen LogP contribution in [0.15, 0.2) is 60.7 Å². The summed E-state index contributed by atoms with van der Waals surface area (Å²) in [7, 11) is 0. The minimum absolute atomic E-state index is 0.0921. The minimum Gasteiger partial charge on any atom is -0.354 e. The highest BCUT2D eigenvalue weighted by Gasteiger charge is 2.36. The minimum atomic E-state index is -0.711. The van der Waals surface area contributed by atoms with Gasteiger partial charge in [0.15, 0.2) is 0 Å². The fourth-order valence-corrected chi connectivity index (χ4v) is 5.96. The Hall–Kier alpha value is -4.19. The summed E-state index contributed by atoms with van der Waals surface area (Å²) < 4.78 is 0. The average Bonchev–Trinajstić information content (AvgIpc) is 3.41. The van der Waals surface area contributed by atoms with E-state index in [9.17, 15) is 14.4 Å². The van der Waals surface area contributed by atoms with E-state index in [-0.39, 0.29) is 24.3 Å². The third kappa shape index (κ3) is 4.61. The fourth-order valence-electron chi connectivity index (χ4n) is 5.96. The van der Waals surface area contributed by atoms with Gasteiger partial charge in [0, 0.05) is 36.2 Å². The van der Waals surface area contributed by atoms with Gasteiger partial charge in [0.1, 0.15) is 0 Å². The lowest BCUT2D eigenvalue weighted by Gasteiger charge is -2.31. The highest BCUT2D eigenvalue weighted by atomic mass is 16.2. The molecule has 1 N–H and O–H groups in total. The lowest BCUT2D eigenvalue weighted by Crippen LogP contribution is -2.43. The summed E-state index contributed by atoms with van der Waals surface area (Å²) in [5, 5.41) is 1.00. The van der Waals surface area contributed by atoms with Gasteiger partial charge in [-0.1, -0.05) is 35.4 Å². The van der Waals surface area contributed by atoms with Gasteiger partial charge in [0.05, 0.1) is 16.5 Å². The molecule has 6 nitrogen and oxygen atoms in total. The van der Waals surface area contributed by atoms with Crippen molar-refractivity contribution in [3.8, 4) is 11.3 Å². The zero-order chi connectivity index (χ0) is 28.8. The Kier molecular flexibility index (Phi) is 7.13. The van der Waals surface area contributed by atoms with Crippen molar-refractivity contribution in [1.29, 1.82) is 0 Å². The maximum atomic E-state index is 13.5. The van der Waals surface area contributed by atoms with E-state index in [0.29, 0.717) is 30.6 Å². The van der Waals surface area contributed by atoms with Gasteiger partial charge in [-0.3, -0.25) is 19.3 Å². The summed E-state index contributed by atoms with van der Waals surface area (Å²) in [5.74, 6) is -0.408. The molecule has 1 aromatic heterocycles. The van der Waals surface area contributed by atoms with Crippen molar-refractivity contribution in [3.05, 3.63) is 94.0 Å². The molecule has 0 bridgehead atoms. The SMILES string of the molecule is CCN(CC)C(=O)C(C)(C)c1ccc2[nH]c(-c3cc(C)cc(C)c3)c(CCN3C(=O)c4ccccc4C3=O)c2c1. The lowest BCUT2D eigenvalue weighted by atomic mass is 9.82. The Morgan fingerprint density at radius 3 is 2.05 bits per heavy atom. The molecule has 4 aromatic rings. The number of amides is 3. The number of imide groups is 1. The summed E-state index contributed by atoms with van der Waals surface area (Å²) in [6, 6.07) is 19.6. The van der Waals surface area contributed by atoms with Crippen LogP contribution in [0, 0.1) is 13.8 Å². The largest absolute Gasteiger partial charge is 0.354 e. The van der Waals surface area contributed by atoms with Crippen molar-refractivity contribution in [2.24, 2.45) is 0 Å². The first-order chi connectivity index (χ1) is 19.1. The molecule has 2 heterocycles. The van der Waals surface area contributed by atoms with E-state index in [1.165, 1.54) is 4.90 Å². The second-order valence-corrected chi connectivity index (χ2v) is 11.3. The van der Waals surface area contributed by atoms with Crippen LogP contribution in [0.4, 0.5) is 0 Å². The number of likely N-dealkylation sites (N-methyl/N-ethyl adjacent to an activating group) is 1. The molecule has 0 radical (unpaired) electrons. The topological polar surface area (TPSA) is 73.5 Å². The lowest BCUT2D eigenvalue weighted by molar-refractivity contribution is -0.135. The molecule has 5 rings (SSSR count). The van der Waals surface area contributed by atoms with Gasteiger partial charge in [-0.05, 0) is 101 Å².